The van der Waals surface area contributed by atoms with Crippen LogP contribution in [-0.2, 0) is 6.54 Å². The lowest BCUT2D eigenvalue weighted by Crippen LogP contribution is -2.38. The maximum atomic E-state index is 6.27. The van der Waals surface area contributed by atoms with Crippen LogP contribution in [0.2, 0.25) is 0 Å². The van der Waals surface area contributed by atoms with E-state index in [4.69, 9.17) is 10.5 Å². The highest BCUT2D eigenvalue weighted by Crippen LogP contribution is 2.36. The van der Waals surface area contributed by atoms with Crippen molar-refractivity contribution in [3.63, 3.8) is 0 Å². The fourth-order valence-electron chi connectivity index (χ4n) is 3.73. The molecule has 3 nitrogen and oxygen atoms in total. The van der Waals surface area contributed by atoms with Gasteiger partial charge in [-0.25, -0.2) is 0 Å². The summed E-state index contributed by atoms with van der Waals surface area (Å²) in [6.45, 7) is 3.45. The third-order valence-corrected chi connectivity index (χ3v) is 4.79. The minimum Gasteiger partial charge on any atom is -0.497 e. The number of hydrogen-bond acceptors (Lipinski definition) is 3. The molecule has 104 valence electrons. The summed E-state index contributed by atoms with van der Waals surface area (Å²) in [5.74, 6) is 2.50. The molecule has 0 aromatic heterocycles. The molecule has 1 aliphatic carbocycles. The SMILES string of the molecule is COc1ccc(CN2CC3CCCC(N)C3C2)cc1. The predicted octanol–water partition coefficient (Wildman–Crippen LogP) is 2.25. The van der Waals surface area contributed by atoms with E-state index >= 15 is 0 Å². The van der Waals surface area contributed by atoms with Crippen LogP contribution in [0, 0.1) is 11.8 Å². The number of likely N-dealkylation sites (tertiary alicyclic amines) is 1. The van der Waals surface area contributed by atoms with Crippen LogP contribution in [-0.4, -0.2) is 31.1 Å². The minimum atomic E-state index is 0.430. The first-order valence-electron chi connectivity index (χ1n) is 7.37. The van der Waals surface area contributed by atoms with Gasteiger partial charge >= 0.3 is 0 Å². The van der Waals surface area contributed by atoms with Gasteiger partial charge in [0.2, 0.25) is 0 Å². The number of methoxy groups -OCH3 is 1. The predicted molar refractivity (Wildman–Crippen MR) is 77.1 cm³/mol. The van der Waals surface area contributed by atoms with Crippen molar-refractivity contribution in [3.05, 3.63) is 29.8 Å². The van der Waals surface area contributed by atoms with E-state index in [0.717, 1.165) is 24.1 Å². The lowest BCUT2D eigenvalue weighted by atomic mass is 9.78. The molecule has 2 fully saturated rings. The zero-order valence-electron chi connectivity index (χ0n) is 11.7. The average Bonchev–Trinajstić information content (AvgIpc) is 2.84. The molecule has 1 saturated heterocycles. The molecule has 1 aromatic rings. The van der Waals surface area contributed by atoms with E-state index in [0.29, 0.717) is 6.04 Å². The second kappa shape index (κ2) is 5.51. The van der Waals surface area contributed by atoms with Gasteiger partial charge in [0.15, 0.2) is 0 Å². The zero-order chi connectivity index (χ0) is 13.2. The largest absolute Gasteiger partial charge is 0.497 e. The molecule has 2 N–H and O–H groups in total. The van der Waals surface area contributed by atoms with Crippen LogP contribution in [0.3, 0.4) is 0 Å². The molecule has 1 aromatic carbocycles. The Hall–Kier alpha value is -1.06. The van der Waals surface area contributed by atoms with Crippen LogP contribution in [0.15, 0.2) is 24.3 Å². The van der Waals surface area contributed by atoms with Gasteiger partial charge < -0.3 is 10.5 Å². The van der Waals surface area contributed by atoms with Crippen molar-refractivity contribution in [1.29, 1.82) is 0 Å². The van der Waals surface area contributed by atoms with Crippen molar-refractivity contribution in [2.45, 2.75) is 31.8 Å². The highest BCUT2D eigenvalue weighted by molar-refractivity contribution is 5.27. The van der Waals surface area contributed by atoms with Crippen LogP contribution < -0.4 is 10.5 Å². The van der Waals surface area contributed by atoms with E-state index in [1.165, 1.54) is 37.9 Å². The molecule has 0 amide bonds. The standard InChI is InChI=1S/C16H24N2O/c1-19-14-7-5-12(6-8-14)9-18-10-13-3-2-4-16(17)15(13)11-18/h5-8,13,15-16H,2-4,9-11,17H2,1H3. The third-order valence-electron chi connectivity index (χ3n) is 4.79. The molecule has 0 spiro atoms. The first-order chi connectivity index (χ1) is 9.26. The molecular formula is C16H24N2O. The molecule has 1 saturated carbocycles. The molecular weight excluding hydrogens is 236 g/mol. The van der Waals surface area contributed by atoms with Gasteiger partial charge in [-0.3, -0.25) is 4.90 Å². The molecule has 19 heavy (non-hydrogen) atoms. The normalized spacial score (nSPS) is 31.2. The fourth-order valence-corrected chi connectivity index (χ4v) is 3.73. The second-order valence-corrected chi connectivity index (χ2v) is 6.06. The molecule has 3 atom stereocenters. The van der Waals surface area contributed by atoms with Crippen LogP contribution in [0.5, 0.6) is 5.75 Å². The number of benzene rings is 1. The Labute approximate surface area is 115 Å². The van der Waals surface area contributed by atoms with Gasteiger partial charge in [-0.1, -0.05) is 18.6 Å². The Balaban J connectivity index is 1.61. The van der Waals surface area contributed by atoms with E-state index in [9.17, 15) is 0 Å². The first kappa shape index (κ1) is 12.9. The summed E-state index contributed by atoms with van der Waals surface area (Å²) in [5.41, 5.74) is 7.64. The number of nitrogens with zero attached hydrogens (tertiary/aromatic N) is 1. The maximum absolute atomic E-state index is 6.27. The van der Waals surface area contributed by atoms with Crippen LogP contribution in [0.25, 0.3) is 0 Å². The lowest BCUT2D eigenvalue weighted by Gasteiger charge is -2.29. The Morgan fingerprint density at radius 2 is 2.00 bits per heavy atom. The zero-order valence-corrected chi connectivity index (χ0v) is 11.7. The van der Waals surface area contributed by atoms with Gasteiger partial charge in [0.25, 0.3) is 0 Å². The maximum Gasteiger partial charge on any atom is 0.118 e. The van der Waals surface area contributed by atoms with E-state index in [1.54, 1.807) is 7.11 Å². The highest BCUT2D eigenvalue weighted by atomic mass is 16.5. The van der Waals surface area contributed by atoms with Crippen molar-refractivity contribution in [3.8, 4) is 5.75 Å². The van der Waals surface area contributed by atoms with Gasteiger partial charge in [-0.2, -0.15) is 0 Å². The summed E-state index contributed by atoms with van der Waals surface area (Å²) >= 11 is 0. The molecule has 3 heteroatoms. The van der Waals surface area contributed by atoms with E-state index in [-0.39, 0.29) is 0 Å². The molecule has 3 rings (SSSR count). The number of rotatable bonds is 3. The Morgan fingerprint density at radius 1 is 1.21 bits per heavy atom. The first-order valence-corrected chi connectivity index (χ1v) is 7.37. The fraction of sp³-hybridized carbons (Fsp3) is 0.625. The summed E-state index contributed by atoms with van der Waals surface area (Å²) in [6, 6.07) is 8.86. The van der Waals surface area contributed by atoms with Gasteiger partial charge in [-0.15, -0.1) is 0 Å². The second-order valence-electron chi connectivity index (χ2n) is 6.06. The van der Waals surface area contributed by atoms with Crippen molar-refractivity contribution in [2.75, 3.05) is 20.2 Å². The van der Waals surface area contributed by atoms with E-state index < -0.39 is 0 Å². The van der Waals surface area contributed by atoms with Crippen molar-refractivity contribution in [1.82, 2.24) is 4.90 Å². The minimum absolute atomic E-state index is 0.430. The van der Waals surface area contributed by atoms with Gasteiger partial charge in [0.1, 0.15) is 5.75 Å². The molecule has 1 aliphatic heterocycles. The Bertz CT molecular complexity index is 417. The van der Waals surface area contributed by atoms with Crippen LogP contribution in [0.4, 0.5) is 0 Å². The molecule has 0 radical (unpaired) electrons. The summed E-state index contributed by atoms with van der Waals surface area (Å²) in [4.78, 5) is 2.57. The van der Waals surface area contributed by atoms with Crippen molar-refractivity contribution < 1.29 is 4.74 Å². The van der Waals surface area contributed by atoms with E-state index in [2.05, 4.69) is 17.0 Å². The topological polar surface area (TPSA) is 38.5 Å². The summed E-state index contributed by atoms with van der Waals surface area (Å²) < 4.78 is 5.20. The van der Waals surface area contributed by atoms with Crippen molar-refractivity contribution >= 4 is 0 Å². The molecule has 3 unspecified atom stereocenters. The number of fused-ring (bicyclic) bond motifs is 1. The average molecular weight is 260 g/mol. The quantitative estimate of drug-likeness (QED) is 0.906. The number of hydrogen-bond donors (Lipinski definition) is 1. The van der Waals surface area contributed by atoms with Gasteiger partial charge in [-0.05, 0) is 42.4 Å². The Kier molecular flexibility index (Phi) is 3.76. The molecule has 0 bridgehead atoms. The van der Waals surface area contributed by atoms with Crippen molar-refractivity contribution in [2.24, 2.45) is 17.6 Å². The smallest absolute Gasteiger partial charge is 0.118 e. The monoisotopic (exact) mass is 260 g/mol. The number of nitrogens with two attached hydrogens (primary N) is 1. The summed E-state index contributed by atoms with van der Waals surface area (Å²) in [7, 11) is 1.71. The molecule has 2 aliphatic rings. The van der Waals surface area contributed by atoms with Gasteiger partial charge in [0, 0.05) is 25.7 Å². The van der Waals surface area contributed by atoms with Crippen LogP contribution >= 0.6 is 0 Å². The lowest BCUT2D eigenvalue weighted by molar-refractivity contribution is 0.259. The summed E-state index contributed by atoms with van der Waals surface area (Å²) in [6.07, 6.45) is 3.91. The highest BCUT2D eigenvalue weighted by Gasteiger charge is 2.38. The Morgan fingerprint density at radius 3 is 2.68 bits per heavy atom. The van der Waals surface area contributed by atoms with Gasteiger partial charge in [0.05, 0.1) is 7.11 Å². The van der Waals surface area contributed by atoms with Crippen LogP contribution in [0.1, 0.15) is 24.8 Å². The molecule has 1 heterocycles. The number of ether oxygens (including phenoxy) is 1. The third kappa shape index (κ3) is 2.77. The van der Waals surface area contributed by atoms with E-state index in [1.807, 2.05) is 12.1 Å². The summed E-state index contributed by atoms with van der Waals surface area (Å²) in [5, 5.41) is 0.